The quantitative estimate of drug-likeness (QED) is 0.510. The highest BCUT2D eigenvalue weighted by Crippen LogP contribution is 2.27. The van der Waals surface area contributed by atoms with Gasteiger partial charge in [0.2, 0.25) is 0 Å². The summed E-state index contributed by atoms with van der Waals surface area (Å²) in [4.78, 5) is 24.4. The van der Waals surface area contributed by atoms with Crippen LogP contribution in [0, 0.1) is 0 Å². The number of methoxy groups -OCH3 is 2. The van der Waals surface area contributed by atoms with Crippen molar-refractivity contribution in [3.63, 3.8) is 0 Å². The Labute approximate surface area is 165 Å². The minimum absolute atomic E-state index is 0.328. The number of unbranched alkanes of at least 4 members (excludes halogenated alkanes) is 2. The number of carbonyl (C=O) groups is 2. The second-order valence-corrected chi connectivity index (χ2v) is 6.06. The van der Waals surface area contributed by atoms with Crippen molar-refractivity contribution in [3.05, 3.63) is 53.6 Å². The van der Waals surface area contributed by atoms with E-state index in [1.807, 2.05) is 0 Å². The van der Waals surface area contributed by atoms with Crippen LogP contribution < -0.4 is 25.1 Å². The third-order valence-corrected chi connectivity index (χ3v) is 4.07. The normalized spacial score (nSPS) is 10.1. The van der Waals surface area contributed by atoms with Gasteiger partial charge in [0.1, 0.15) is 5.75 Å². The molecule has 150 valence electrons. The Hall–Kier alpha value is -3.22. The first kappa shape index (κ1) is 21.1. The van der Waals surface area contributed by atoms with E-state index in [0.29, 0.717) is 35.0 Å². The Kier molecular flexibility index (Phi) is 8.14. The summed E-state index contributed by atoms with van der Waals surface area (Å²) >= 11 is 0. The van der Waals surface area contributed by atoms with Crippen LogP contribution in [0.2, 0.25) is 0 Å². The predicted octanol–water partition coefficient (Wildman–Crippen LogP) is 3.35. The van der Waals surface area contributed by atoms with E-state index in [1.165, 1.54) is 20.3 Å². The summed E-state index contributed by atoms with van der Waals surface area (Å²) in [6.07, 6.45) is 3.26. The molecule has 0 heterocycles. The zero-order valence-electron chi connectivity index (χ0n) is 16.4. The average Bonchev–Trinajstić information content (AvgIpc) is 2.74. The number of ether oxygens (including phenoxy) is 3. The van der Waals surface area contributed by atoms with Gasteiger partial charge in [0.15, 0.2) is 11.5 Å². The lowest BCUT2D eigenvalue weighted by molar-refractivity contribution is 0.0846. The van der Waals surface area contributed by atoms with Crippen LogP contribution >= 0.6 is 0 Å². The summed E-state index contributed by atoms with van der Waals surface area (Å²) in [7, 11) is 3.00. The van der Waals surface area contributed by atoms with Crippen molar-refractivity contribution in [1.29, 1.82) is 0 Å². The molecule has 0 radical (unpaired) electrons. The van der Waals surface area contributed by atoms with Crippen molar-refractivity contribution in [2.75, 3.05) is 20.8 Å². The summed E-state index contributed by atoms with van der Waals surface area (Å²) in [6.45, 7) is 2.79. The molecule has 0 saturated heterocycles. The zero-order valence-corrected chi connectivity index (χ0v) is 16.4. The molecule has 7 nitrogen and oxygen atoms in total. The fourth-order valence-corrected chi connectivity index (χ4v) is 2.48. The van der Waals surface area contributed by atoms with Crippen molar-refractivity contribution < 1.29 is 23.8 Å². The summed E-state index contributed by atoms with van der Waals surface area (Å²) in [6, 6.07) is 11.5. The lowest BCUT2D eigenvalue weighted by Gasteiger charge is -2.11. The van der Waals surface area contributed by atoms with E-state index < -0.39 is 11.8 Å². The molecule has 0 aliphatic rings. The predicted molar refractivity (Wildman–Crippen MR) is 106 cm³/mol. The van der Waals surface area contributed by atoms with Crippen LogP contribution in [0.15, 0.2) is 42.5 Å². The first-order valence-corrected chi connectivity index (χ1v) is 9.14. The van der Waals surface area contributed by atoms with Gasteiger partial charge in [0.25, 0.3) is 11.8 Å². The van der Waals surface area contributed by atoms with Gasteiger partial charge in [0.05, 0.1) is 20.8 Å². The first-order chi connectivity index (χ1) is 13.6. The van der Waals surface area contributed by atoms with Crippen molar-refractivity contribution in [3.8, 4) is 17.2 Å². The number of nitrogens with one attached hydrogen (secondary N) is 2. The van der Waals surface area contributed by atoms with Gasteiger partial charge in [-0.1, -0.05) is 19.8 Å². The lowest BCUT2D eigenvalue weighted by Crippen LogP contribution is -2.41. The molecule has 0 fully saturated rings. The summed E-state index contributed by atoms with van der Waals surface area (Å²) < 4.78 is 15.9. The van der Waals surface area contributed by atoms with Crippen LogP contribution in [-0.2, 0) is 0 Å². The number of amides is 2. The third kappa shape index (κ3) is 5.90. The molecule has 0 aliphatic carbocycles. The molecule has 0 aromatic heterocycles. The van der Waals surface area contributed by atoms with E-state index in [4.69, 9.17) is 14.2 Å². The summed E-state index contributed by atoms with van der Waals surface area (Å²) in [5, 5.41) is 0. The molecule has 2 N–H and O–H groups in total. The molecule has 0 unspecified atom stereocenters. The number of benzene rings is 2. The SMILES string of the molecule is CCCCCOc1ccc(C(=O)NNC(=O)c2ccc(OC)c(OC)c2)cc1. The maximum absolute atomic E-state index is 12.2. The largest absolute Gasteiger partial charge is 0.494 e. The molecule has 0 saturated carbocycles. The molecule has 0 spiro atoms. The number of hydrogen-bond acceptors (Lipinski definition) is 5. The molecular formula is C21H26N2O5. The Bertz CT molecular complexity index is 790. The van der Waals surface area contributed by atoms with Crippen LogP contribution in [0.4, 0.5) is 0 Å². The van der Waals surface area contributed by atoms with E-state index in [1.54, 1.807) is 36.4 Å². The van der Waals surface area contributed by atoms with Crippen molar-refractivity contribution in [2.24, 2.45) is 0 Å². The number of hydrazine groups is 1. The fourth-order valence-electron chi connectivity index (χ4n) is 2.48. The molecule has 28 heavy (non-hydrogen) atoms. The Morgan fingerprint density at radius 2 is 1.43 bits per heavy atom. The van der Waals surface area contributed by atoms with Crippen LogP contribution in [-0.4, -0.2) is 32.6 Å². The van der Waals surface area contributed by atoms with E-state index >= 15 is 0 Å². The van der Waals surface area contributed by atoms with Crippen molar-refractivity contribution in [2.45, 2.75) is 26.2 Å². The van der Waals surface area contributed by atoms with Gasteiger partial charge in [-0.15, -0.1) is 0 Å². The molecule has 0 aliphatic heterocycles. The van der Waals surface area contributed by atoms with Gasteiger partial charge in [-0.3, -0.25) is 20.4 Å². The monoisotopic (exact) mass is 386 g/mol. The highest BCUT2D eigenvalue weighted by Gasteiger charge is 2.12. The highest BCUT2D eigenvalue weighted by atomic mass is 16.5. The van der Waals surface area contributed by atoms with E-state index in [-0.39, 0.29) is 0 Å². The molecule has 2 amide bonds. The maximum Gasteiger partial charge on any atom is 0.269 e. The lowest BCUT2D eigenvalue weighted by atomic mass is 10.2. The van der Waals surface area contributed by atoms with Crippen LogP contribution in [0.5, 0.6) is 17.2 Å². The van der Waals surface area contributed by atoms with Gasteiger partial charge in [-0.2, -0.15) is 0 Å². The zero-order chi connectivity index (χ0) is 20.4. The summed E-state index contributed by atoms with van der Waals surface area (Å²) in [5.41, 5.74) is 5.51. The smallest absolute Gasteiger partial charge is 0.269 e. The van der Waals surface area contributed by atoms with Crippen molar-refractivity contribution in [1.82, 2.24) is 10.9 Å². The van der Waals surface area contributed by atoms with Gasteiger partial charge in [-0.25, -0.2) is 0 Å². The molecular weight excluding hydrogens is 360 g/mol. The fraction of sp³-hybridized carbons (Fsp3) is 0.333. The Morgan fingerprint density at radius 3 is 2.04 bits per heavy atom. The Balaban J connectivity index is 1.88. The number of carbonyl (C=O) groups excluding carboxylic acids is 2. The number of rotatable bonds is 9. The molecule has 2 aromatic carbocycles. The third-order valence-electron chi connectivity index (χ3n) is 4.07. The van der Waals surface area contributed by atoms with Gasteiger partial charge >= 0.3 is 0 Å². The molecule has 7 heteroatoms. The second kappa shape index (κ2) is 10.8. The van der Waals surface area contributed by atoms with E-state index in [9.17, 15) is 9.59 Å². The topological polar surface area (TPSA) is 85.9 Å². The summed E-state index contributed by atoms with van der Waals surface area (Å²) in [5.74, 6) is 0.759. The van der Waals surface area contributed by atoms with E-state index in [2.05, 4.69) is 17.8 Å². The van der Waals surface area contributed by atoms with Crippen LogP contribution in [0.1, 0.15) is 46.9 Å². The highest BCUT2D eigenvalue weighted by molar-refractivity contribution is 5.99. The van der Waals surface area contributed by atoms with E-state index in [0.717, 1.165) is 19.3 Å². The van der Waals surface area contributed by atoms with Gasteiger partial charge in [-0.05, 0) is 48.9 Å². The minimum atomic E-state index is -0.467. The Morgan fingerprint density at radius 1 is 0.821 bits per heavy atom. The van der Waals surface area contributed by atoms with Gasteiger partial charge in [0, 0.05) is 11.1 Å². The van der Waals surface area contributed by atoms with Crippen molar-refractivity contribution >= 4 is 11.8 Å². The second-order valence-electron chi connectivity index (χ2n) is 6.06. The van der Waals surface area contributed by atoms with Gasteiger partial charge < -0.3 is 14.2 Å². The minimum Gasteiger partial charge on any atom is -0.494 e. The maximum atomic E-state index is 12.2. The first-order valence-electron chi connectivity index (χ1n) is 9.14. The van der Waals surface area contributed by atoms with Crippen LogP contribution in [0.25, 0.3) is 0 Å². The number of hydrogen-bond donors (Lipinski definition) is 2. The average molecular weight is 386 g/mol. The van der Waals surface area contributed by atoms with Crippen LogP contribution in [0.3, 0.4) is 0 Å². The molecule has 2 aromatic rings. The molecule has 2 rings (SSSR count). The molecule has 0 atom stereocenters. The standard InChI is InChI=1S/C21H26N2O5/c1-4-5-6-13-28-17-10-7-15(8-11-17)20(24)22-23-21(25)16-9-12-18(26-2)19(14-16)27-3/h7-12,14H,4-6,13H2,1-3H3,(H,22,24)(H,23,25). The molecule has 0 bridgehead atoms.